The first-order valence-electron chi connectivity index (χ1n) is 14.0. The molecule has 9 heteroatoms. The van der Waals surface area contributed by atoms with Gasteiger partial charge in [-0.1, -0.05) is 54.6 Å². The SMILES string of the molecule is Cc1nc(-c2ccccc2)nc(OC(Cc2cc3cnccc3[nH]2)C(N)=O)c1NCc1ccc2oc3ccccc3c2c1. The monoisotopic (exact) mass is 568 g/mol. The standard InChI is InChI=1S/C34H28N6O3/c1-20-31(37-18-21-11-12-29-26(15-21)25-9-5-6-10-28(25)42-29)34(40-33(38-20)22-7-3-2-4-8-22)43-30(32(35)41)17-24-16-23-19-36-14-13-27(23)39-24/h2-16,19,30,37,39H,17-18H2,1H3,(H2,35,41). The number of carbonyl (C=O) groups is 1. The number of amides is 1. The second kappa shape index (κ2) is 10.9. The van der Waals surface area contributed by atoms with Gasteiger partial charge in [0.25, 0.3) is 5.91 Å². The molecule has 0 bridgehead atoms. The van der Waals surface area contributed by atoms with E-state index in [9.17, 15) is 4.79 Å². The van der Waals surface area contributed by atoms with Gasteiger partial charge >= 0.3 is 0 Å². The molecule has 9 nitrogen and oxygen atoms in total. The van der Waals surface area contributed by atoms with E-state index in [0.29, 0.717) is 23.8 Å². The number of nitrogens with two attached hydrogens (primary N) is 1. The number of aromatic nitrogens is 4. The zero-order chi connectivity index (χ0) is 29.3. The lowest BCUT2D eigenvalue weighted by atomic mass is 10.1. The highest BCUT2D eigenvalue weighted by Gasteiger charge is 2.24. The summed E-state index contributed by atoms with van der Waals surface area (Å²) < 4.78 is 12.3. The van der Waals surface area contributed by atoms with Gasteiger partial charge in [-0.15, -0.1) is 0 Å². The molecule has 212 valence electrons. The molecule has 0 saturated carbocycles. The van der Waals surface area contributed by atoms with Crippen molar-refractivity contribution in [3.63, 3.8) is 0 Å². The number of pyridine rings is 1. The third-order valence-corrected chi connectivity index (χ3v) is 7.45. The van der Waals surface area contributed by atoms with Gasteiger partial charge < -0.3 is 25.2 Å². The van der Waals surface area contributed by atoms with Crippen LogP contribution in [0.3, 0.4) is 0 Å². The molecule has 0 saturated heterocycles. The summed E-state index contributed by atoms with van der Waals surface area (Å²) >= 11 is 0. The minimum atomic E-state index is -0.979. The topological polar surface area (TPSA) is 132 Å². The summed E-state index contributed by atoms with van der Waals surface area (Å²) in [6.45, 7) is 2.36. The van der Waals surface area contributed by atoms with Crippen LogP contribution in [-0.2, 0) is 17.8 Å². The number of rotatable bonds is 9. The Bertz CT molecular complexity index is 2070. The largest absolute Gasteiger partial charge is 0.462 e. The van der Waals surface area contributed by atoms with Crippen molar-refractivity contribution in [1.29, 1.82) is 0 Å². The number of ether oxygens (including phenoxy) is 1. The number of furan rings is 1. The van der Waals surface area contributed by atoms with Gasteiger partial charge in [0, 0.05) is 58.3 Å². The maximum atomic E-state index is 12.7. The Kier molecular flexibility index (Phi) is 6.67. The number of anilines is 1. The number of primary amides is 1. The molecule has 3 aromatic carbocycles. The van der Waals surface area contributed by atoms with E-state index >= 15 is 0 Å². The molecule has 0 radical (unpaired) electrons. The van der Waals surface area contributed by atoms with Gasteiger partial charge in [-0.2, -0.15) is 4.98 Å². The van der Waals surface area contributed by atoms with E-state index in [1.165, 1.54) is 0 Å². The lowest BCUT2D eigenvalue weighted by molar-refractivity contribution is -0.124. The van der Waals surface area contributed by atoms with Crippen molar-refractivity contribution in [2.24, 2.45) is 5.73 Å². The highest BCUT2D eigenvalue weighted by molar-refractivity contribution is 6.05. The minimum Gasteiger partial charge on any atom is -0.462 e. The van der Waals surface area contributed by atoms with Crippen LogP contribution in [0, 0.1) is 6.92 Å². The number of hydrogen-bond donors (Lipinski definition) is 3. The van der Waals surface area contributed by atoms with Gasteiger partial charge in [0.15, 0.2) is 11.9 Å². The number of aryl methyl sites for hydroxylation is 1. The maximum absolute atomic E-state index is 12.7. The average molecular weight is 569 g/mol. The second-order valence-corrected chi connectivity index (χ2v) is 10.4. The smallest absolute Gasteiger partial charge is 0.258 e. The predicted octanol–water partition coefficient (Wildman–Crippen LogP) is 6.32. The fourth-order valence-electron chi connectivity index (χ4n) is 5.30. The van der Waals surface area contributed by atoms with Crippen LogP contribution in [0.4, 0.5) is 5.69 Å². The van der Waals surface area contributed by atoms with Crippen LogP contribution in [-0.4, -0.2) is 31.9 Å². The summed E-state index contributed by atoms with van der Waals surface area (Å²) in [5, 5.41) is 6.51. The van der Waals surface area contributed by atoms with Gasteiger partial charge in [-0.05, 0) is 42.8 Å². The zero-order valence-electron chi connectivity index (χ0n) is 23.4. The Balaban J connectivity index is 1.22. The molecule has 0 fully saturated rings. The molecule has 4 N–H and O–H groups in total. The molecule has 0 spiro atoms. The molecule has 0 aliphatic rings. The Morgan fingerprint density at radius 3 is 2.63 bits per heavy atom. The highest BCUT2D eigenvalue weighted by Crippen LogP contribution is 2.32. The van der Waals surface area contributed by atoms with E-state index in [-0.39, 0.29) is 12.3 Å². The average Bonchev–Trinajstić information content (AvgIpc) is 3.61. The van der Waals surface area contributed by atoms with E-state index in [2.05, 4.69) is 27.4 Å². The molecule has 4 heterocycles. The number of para-hydroxylation sites is 1. The van der Waals surface area contributed by atoms with Gasteiger partial charge in [0.2, 0.25) is 5.88 Å². The number of carbonyl (C=O) groups excluding carboxylic acids is 1. The van der Waals surface area contributed by atoms with E-state index in [1.807, 2.05) is 79.7 Å². The molecular weight excluding hydrogens is 540 g/mol. The fraction of sp³-hybridized carbons (Fsp3) is 0.118. The normalized spacial score (nSPS) is 12.1. The first-order valence-corrected chi connectivity index (χ1v) is 14.0. The zero-order valence-corrected chi connectivity index (χ0v) is 23.4. The highest BCUT2D eigenvalue weighted by atomic mass is 16.5. The lowest BCUT2D eigenvalue weighted by Crippen LogP contribution is -2.36. The Hall–Kier alpha value is -5.70. The molecule has 0 aliphatic carbocycles. The van der Waals surface area contributed by atoms with E-state index < -0.39 is 12.0 Å². The van der Waals surface area contributed by atoms with Crippen LogP contribution in [0.5, 0.6) is 5.88 Å². The van der Waals surface area contributed by atoms with Crippen molar-refractivity contribution >= 4 is 44.4 Å². The summed E-state index contributed by atoms with van der Waals surface area (Å²) in [7, 11) is 0. The number of fused-ring (bicyclic) bond motifs is 4. The molecule has 43 heavy (non-hydrogen) atoms. The van der Waals surface area contributed by atoms with Crippen LogP contribution in [0.2, 0.25) is 0 Å². The van der Waals surface area contributed by atoms with Gasteiger partial charge in [-0.3, -0.25) is 9.78 Å². The molecule has 4 aromatic heterocycles. The second-order valence-electron chi connectivity index (χ2n) is 10.4. The van der Waals surface area contributed by atoms with Crippen LogP contribution in [0.1, 0.15) is 17.0 Å². The predicted molar refractivity (Wildman–Crippen MR) is 167 cm³/mol. The molecule has 7 aromatic rings. The van der Waals surface area contributed by atoms with Crippen LogP contribution in [0.25, 0.3) is 44.2 Å². The number of nitrogens with one attached hydrogen (secondary N) is 2. The Morgan fingerprint density at radius 2 is 1.79 bits per heavy atom. The fourth-order valence-corrected chi connectivity index (χ4v) is 5.30. The van der Waals surface area contributed by atoms with Crippen molar-refractivity contribution in [3.05, 3.63) is 114 Å². The first-order chi connectivity index (χ1) is 21.0. The van der Waals surface area contributed by atoms with E-state index in [4.69, 9.17) is 24.9 Å². The maximum Gasteiger partial charge on any atom is 0.258 e. The van der Waals surface area contributed by atoms with Crippen molar-refractivity contribution < 1.29 is 13.9 Å². The van der Waals surface area contributed by atoms with E-state index in [1.54, 1.807) is 12.4 Å². The Morgan fingerprint density at radius 1 is 0.977 bits per heavy atom. The van der Waals surface area contributed by atoms with Crippen molar-refractivity contribution in [1.82, 2.24) is 19.9 Å². The van der Waals surface area contributed by atoms with Crippen LogP contribution >= 0.6 is 0 Å². The number of aromatic amines is 1. The number of nitrogens with zero attached hydrogens (tertiary/aromatic N) is 3. The quantitative estimate of drug-likeness (QED) is 0.186. The van der Waals surface area contributed by atoms with Crippen molar-refractivity contribution in [2.45, 2.75) is 26.0 Å². The lowest BCUT2D eigenvalue weighted by Gasteiger charge is -2.20. The van der Waals surface area contributed by atoms with Gasteiger partial charge in [0.05, 0.1) is 5.69 Å². The molecule has 0 aliphatic heterocycles. The summed E-state index contributed by atoms with van der Waals surface area (Å²) in [4.78, 5) is 29.7. The Labute approximate surface area is 246 Å². The van der Waals surface area contributed by atoms with Crippen LogP contribution < -0.4 is 15.8 Å². The molecule has 1 unspecified atom stereocenters. The molecule has 1 atom stereocenters. The third-order valence-electron chi connectivity index (χ3n) is 7.45. The van der Waals surface area contributed by atoms with Crippen molar-refractivity contribution in [3.8, 4) is 17.3 Å². The first kappa shape index (κ1) is 26.2. The number of benzene rings is 3. The van der Waals surface area contributed by atoms with Gasteiger partial charge in [-0.25, -0.2) is 4.98 Å². The summed E-state index contributed by atoms with van der Waals surface area (Å²) in [6, 6.07) is 27.6. The minimum absolute atomic E-state index is 0.234. The number of H-pyrrole nitrogens is 1. The summed E-state index contributed by atoms with van der Waals surface area (Å²) in [5.41, 5.74) is 12.4. The van der Waals surface area contributed by atoms with E-state index in [0.717, 1.165) is 49.7 Å². The van der Waals surface area contributed by atoms with Crippen molar-refractivity contribution in [2.75, 3.05) is 5.32 Å². The molecular formula is C34H28N6O3. The summed E-state index contributed by atoms with van der Waals surface area (Å²) in [5.74, 6) is 0.144. The molecule has 7 rings (SSSR count). The molecule has 1 amide bonds. The van der Waals surface area contributed by atoms with Gasteiger partial charge in [0.1, 0.15) is 16.9 Å². The summed E-state index contributed by atoms with van der Waals surface area (Å²) in [6.07, 6.45) is 2.73. The third kappa shape index (κ3) is 5.24. The number of hydrogen-bond acceptors (Lipinski definition) is 7. The van der Waals surface area contributed by atoms with Crippen LogP contribution in [0.15, 0.2) is 102 Å².